The van der Waals surface area contributed by atoms with Crippen LogP contribution in [0.2, 0.25) is 15.1 Å². The number of hydrogen-bond acceptors (Lipinski definition) is 6. The Balaban J connectivity index is 1.58. The van der Waals surface area contributed by atoms with Crippen molar-refractivity contribution in [3.05, 3.63) is 108 Å². The average molecular weight is 564 g/mol. The van der Waals surface area contributed by atoms with Crippen LogP contribution in [0, 0.1) is 24.0 Å². The molecule has 0 aliphatic carbocycles. The SMILES string of the molecule is Cc1cccc(-n2c(C)nnc2S[C@@H](C[N+](=O)[O-])c2ccc(OCc3ccc(Cl)cc3Cl)c(Cl)c2)c1. The largest absolute Gasteiger partial charge is 0.487 e. The fraction of sp³-hybridized carbons (Fsp3) is 0.200. The summed E-state index contributed by atoms with van der Waals surface area (Å²) in [6.45, 7) is 3.72. The Labute approximate surface area is 227 Å². The Bertz CT molecular complexity index is 1410. The second-order valence-corrected chi connectivity index (χ2v) is 10.5. The van der Waals surface area contributed by atoms with Crippen molar-refractivity contribution in [1.29, 1.82) is 0 Å². The number of thioether (sulfide) groups is 1. The molecule has 0 saturated carbocycles. The minimum Gasteiger partial charge on any atom is -0.487 e. The van der Waals surface area contributed by atoms with E-state index in [0.29, 0.717) is 37.4 Å². The molecule has 0 amide bonds. The molecule has 7 nitrogen and oxygen atoms in total. The highest BCUT2D eigenvalue weighted by molar-refractivity contribution is 7.99. The number of nitro groups is 1. The van der Waals surface area contributed by atoms with Crippen LogP contribution < -0.4 is 4.74 Å². The van der Waals surface area contributed by atoms with Crippen molar-refractivity contribution in [2.24, 2.45) is 0 Å². The highest BCUT2D eigenvalue weighted by atomic mass is 35.5. The third-order valence-electron chi connectivity index (χ3n) is 5.34. The Kier molecular flexibility index (Phi) is 8.41. The second kappa shape index (κ2) is 11.5. The van der Waals surface area contributed by atoms with Crippen LogP contribution in [-0.2, 0) is 6.61 Å². The van der Waals surface area contributed by atoms with Crippen LogP contribution in [0.4, 0.5) is 0 Å². The molecule has 36 heavy (non-hydrogen) atoms. The number of ether oxygens (including phenoxy) is 1. The van der Waals surface area contributed by atoms with E-state index < -0.39 is 5.25 Å². The van der Waals surface area contributed by atoms with E-state index in [-0.39, 0.29) is 18.1 Å². The van der Waals surface area contributed by atoms with Crippen LogP contribution in [0.5, 0.6) is 5.75 Å². The number of aryl methyl sites for hydroxylation is 2. The molecule has 0 N–H and O–H groups in total. The highest BCUT2D eigenvalue weighted by Gasteiger charge is 2.24. The summed E-state index contributed by atoms with van der Waals surface area (Å²) in [5.41, 5.74) is 3.41. The molecule has 0 fully saturated rings. The molecule has 0 aliphatic heterocycles. The van der Waals surface area contributed by atoms with Crippen LogP contribution in [0.15, 0.2) is 65.8 Å². The second-order valence-electron chi connectivity index (χ2n) is 8.04. The van der Waals surface area contributed by atoms with Crippen molar-refractivity contribution in [3.63, 3.8) is 0 Å². The van der Waals surface area contributed by atoms with Crippen molar-refractivity contribution in [3.8, 4) is 11.4 Å². The summed E-state index contributed by atoms with van der Waals surface area (Å²) in [7, 11) is 0. The molecule has 4 rings (SSSR count). The fourth-order valence-electron chi connectivity index (χ4n) is 3.59. The van der Waals surface area contributed by atoms with Gasteiger partial charge in [0.15, 0.2) is 5.16 Å². The molecule has 0 bridgehead atoms. The first-order chi connectivity index (χ1) is 17.2. The Hall–Kier alpha value is -2.78. The zero-order valence-corrected chi connectivity index (χ0v) is 22.4. The third-order valence-corrected chi connectivity index (χ3v) is 7.41. The van der Waals surface area contributed by atoms with E-state index in [1.54, 1.807) is 36.4 Å². The van der Waals surface area contributed by atoms with Crippen LogP contribution >= 0.6 is 46.6 Å². The predicted octanol–water partition coefficient (Wildman–Crippen LogP) is 7.53. The summed E-state index contributed by atoms with van der Waals surface area (Å²) >= 11 is 19.9. The number of rotatable bonds is 9. The molecule has 1 atom stereocenters. The van der Waals surface area contributed by atoms with Crippen molar-refractivity contribution in [1.82, 2.24) is 14.8 Å². The summed E-state index contributed by atoms with van der Waals surface area (Å²) < 4.78 is 7.73. The number of hydrogen-bond donors (Lipinski definition) is 0. The summed E-state index contributed by atoms with van der Waals surface area (Å²) in [6, 6.07) is 18.2. The zero-order valence-electron chi connectivity index (χ0n) is 19.3. The number of aromatic nitrogens is 3. The molecule has 0 radical (unpaired) electrons. The maximum atomic E-state index is 11.5. The minimum atomic E-state index is -0.551. The highest BCUT2D eigenvalue weighted by Crippen LogP contribution is 2.39. The topological polar surface area (TPSA) is 83.1 Å². The van der Waals surface area contributed by atoms with Crippen LogP contribution in [0.1, 0.15) is 27.8 Å². The van der Waals surface area contributed by atoms with Gasteiger partial charge < -0.3 is 4.74 Å². The predicted molar refractivity (Wildman–Crippen MR) is 144 cm³/mol. The molecule has 0 unspecified atom stereocenters. The monoisotopic (exact) mass is 562 g/mol. The first-order valence-electron chi connectivity index (χ1n) is 10.8. The average Bonchev–Trinajstić information content (AvgIpc) is 3.18. The summed E-state index contributed by atoms with van der Waals surface area (Å²) in [5, 5.41) is 21.4. The third kappa shape index (κ3) is 6.31. The van der Waals surface area contributed by atoms with Gasteiger partial charge in [-0.3, -0.25) is 14.7 Å². The van der Waals surface area contributed by atoms with Gasteiger partial charge in [0.2, 0.25) is 6.54 Å². The van der Waals surface area contributed by atoms with Crippen LogP contribution in [0.3, 0.4) is 0 Å². The van der Waals surface area contributed by atoms with Crippen LogP contribution in [0.25, 0.3) is 5.69 Å². The lowest BCUT2D eigenvalue weighted by Gasteiger charge is -2.16. The molecule has 3 aromatic carbocycles. The summed E-state index contributed by atoms with van der Waals surface area (Å²) in [4.78, 5) is 11.2. The van der Waals surface area contributed by atoms with Gasteiger partial charge in [-0.15, -0.1) is 10.2 Å². The van der Waals surface area contributed by atoms with Gasteiger partial charge in [-0.1, -0.05) is 70.8 Å². The normalized spacial score (nSPS) is 11.9. The molecule has 4 aromatic rings. The van der Waals surface area contributed by atoms with Gasteiger partial charge in [-0.2, -0.15) is 0 Å². The first-order valence-corrected chi connectivity index (χ1v) is 12.9. The Morgan fingerprint density at radius 1 is 1.03 bits per heavy atom. The first kappa shape index (κ1) is 26.3. The standard InChI is InChI=1S/C25H21Cl3N4O3S/c1-15-4-3-5-20(10-15)32-16(2)29-30-25(32)36-24(13-31(33)34)17-7-9-23(22(28)11-17)35-14-18-6-8-19(26)12-21(18)27/h3-12,24H,13-14H2,1-2H3/t24-/m0/s1. The smallest absolute Gasteiger partial charge is 0.220 e. The Morgan fingerprint density at radius 2 is 1.83 bits per heavy atom. The molecular weight excluding hydrogens is 543 g/mol. The van der Waals surface area contributed by atoms with E-state index in [2.05, 4.69) is 10.2 Å². The molecule has 0 aliphatic rings. The fourth-order valence-corrected chi connectivity index (χ4v) is 5.46. The molecule has 0 saturated heterocycles. The number of nitrogens with zero attached hydrogens (tertiary/aromatic N) is 4. The Morgan fingerprint density at radius 3 is 2.53 bits per heavy atom. The van der Waals surface area contributed by atoms with E-state index in [9.17, 15) is 10.1 Å². The van der Waals surface area contributed by atoms with E-state index >= 15 is 0 Å². The number of benzene rings is 3. The number of halogens is 3. The van der Waals surface area contributed by atoms with Crippen molar-refractivity contribution in [2.45, 2.75) is 30.9 Å². The molecule has 11 heteroatoms. The summed E-state index contributed by atoms with van der Waals surface area (Å²) in [6.07, 6.45) is 0. The minimum absolute atomic E-state index is 0.195. The quantitative estimate of drug-likeness (QED) is 0.119. The van der Waals surface area contributed by atoms with Gasteiger partial charge in [0, 0.05) is 26.2 Å². The van der Waals surface area contributed by atoms with E-state index in [0.717, 1.165) is 16.8 Å². The van der Waals surface area contributed by atoms with Gasteiger partial charge in [0.25, 0.3) is 0 Å². The molecule has 0 spiro atoms. The zero-order chi connectivity index (χ0) is 25.8. The molecule has 1 aromatic heterocycles. The van der Waals surface area contributed by atoms with Gasteiger partial charge in [-0.25, -0.2) is 0 Å². The van der Waals surface area contributed by atoms with Gasteiger partial charge in [-0.05, 0) is 61.4 Å². The maximum absolute atomic E-state index is 11.5. The van der Waals surface area contributed by atoms with E-state index in [1.807, 2.05) is 42.7 Å². The van der Waals surface area contributed by atoms with Gasteiger partial charge >= 0.3 is 0 Å². The van der Waals surface area contributed by atoms with E-state index in [1.165, 1.54) is 11.8 Å². The van der Waals surface area contributed by atoms with Gasteiger partial charge in [0.1, 0.15) is 23.4 Å². The molecular formula is C25H21Cl3N4O3S. The van der Waals surface area contributed by atoms with Crippen molar-refractivity contribution in [2.75, 3.05) is 6.54 Å². The molecule has 1 heterocycles. The van der Waals surface area contributed by atoms with Crippen molar-refractivity contribution < 1.29 is 9.66 Å². The molecule has 186 valence electrons. The maximum Gasteiger partial charge on any atom is 0.220 e. The van der Waals surface area contributed by atoms with Gasteiger partial charge in [0.05, 0.1) is 5.02 Å². The van der Waals surface area contributed by atoms with E-state index in [4.69, 9.17) is 39.5 Å². The summed E-state index contributed by atoms with van der Waals surface area (Å²) in [5.74, 6) is 1.13. The lowest BCUT2D eigenvalue weighted by Crippen LogP contribution is -2.11. The van der Waals surface area contributed by atoms with Crippen molar-refractivity contribution >= 4 is 46.6 Å². The van der Waals surface area contributed by atoms with Crippen LogP contribution in [-0.4, -0.2) is 26.2 Å². The lowest BCUT2D eigenvalue weighted by atomic mass is 10.1. The lowest BCUT2D eigenvalue weighted by molar-refractivity contribution is -0.479.